The van der Waals surface area contributed by atoms with Gasteiger partial charge in [0, 0.05) is 28.7 Å². The normalized spacial score (nSPS) is 24.0. The highest BCUT2D eigenvalue weighted by Gasteiger charge is 2.54. The van der Waals surface area contributed by atoms with E-state index in [-0.39, 0.29) is 36.1 Å². The number of benzene rings is 1. The fourth-order valence-corrected chi connectivity index (χ4v) is 6.39. The first kappa shape index (κ1) is 26.7. The molecule has 4 aromatic rings. The number of carbonyl (C=O) groups is 1. The van der Waals surface area contributed by atoms with Crippen LogP contribution in [0.5, 0.6) is 0 Å². The van der Waals surface area contributed by atoms with E-state index in [1.165, 1.54) is 0 Å². The number of aromatic nitrogens is 4. The summed E-state index contributed by atoms with van der Waals surface area (Å²) in [6.45, 7) is 10.2. The van der Waals surface area contributed by atoms with Crippen molar-refractivity contribution < 1.29 is 19.4 Å². The average Bonchev–Trinajstić information content (AvgIpc) is 3.52. The Kier molecular flexibility index (Phi) is 6.54. The maximum atomic E-state index is 11.8. The molecule has 2 N–H and O–H groups in total. The number of ether oxygens (including phenoxy) is 2. The molecule has 210 valence electrons. The van der Waals surface area contributed by atoms with Crippen LogP contribution in [-0.4, -0.2) is 54.1 Å². The minimum absolute atomic E-state index is 0.0195. The van der Waals surface area contributed by atoms with E-state index in [0.717, 1.165) is 58.1 Å². The van der Waals surface area contributed by atoms with Gasteiger partial charge in [0.15, 0.2) is 5.79 Å². The lowest BCUT2D eigenvalue weighted by atomic mass is 9.92. The highest BCUT2D eigenvalue weighted by atomic mass is 16.8. The number of fused-ring (bicyclic) bond motifs is 3. The van der Waals surface area contributed by atoms with E-state index in [4.69, 9.17) is 14.5 Å². The maximum absolute atomic E-state index is 11.8. The molecule has 40 heavy (non-hydrogen) atoms. The van der Waals surface area contributed by atoms with Crippen molar-refractivity contribution in [3.05, 3.63) is 60.2 Å². The zero-order valence-electron chi connectivity index (χ0n) is 23.7. The van der Waals surface area contributed by atoms with Gasteiger partial charge in [0.2, 0.25) is 0 Å². The average molecular weight is 544 g/mol. The molecule has 2 aliphatic rings. The van der Waals surface area contributed by atoms with Crippen molar-refractivity contribution >= 4 is 33.7 Å². The van der Waals surface area contributed by atoms with E-state index in [1.807, 2.05) is 44.3 Å². The number of rotatable bonds is 7. The third kappa shape index (κ3) is 5.28. The number of anilines is 1. The number of pyridine rings is 1. The Morgan fingerprint density at radius 2 is 1.93 bits per heavy atom. The van der Waals surface area contributed by atoms with Crippen LogP contribution in [0.25, 0.3) is 21.9 Å². The minimum Gasteiger partial charge on any atom is -0.481 e. The Labute approximate surface area is 233 Å². The molecule has 4 heterocycles. The van der Waals surface area contributed by atoms with Gasteiger partial charge >= 0.3 is 5.97 Å². The van der Waals surface area contributed by atoms with E-state index in [0.29, 0.717) is 0 Å². The van der Waals surface area contributed by atoms with Crippen molar-refractivity contribution in [1.82, 2.24) is 19.5 Å². The van der Waals surface area contributed by atoms with Gasteiger partial charge < -0.3 is 24.5 Å². The van der Waals surface area contributed by atoms with Crippen molar-refractivity contribution in [2.24, 2.45) is 5.92 Å². The maximum Gasteiger partial charge on any atom is 0.307 e. The van der Waals surface area contributed by atoms with E-state index in [9.17, 15) is 9.90 Å². The predicted molar refractivity (Wildman–Crippen MR) is 153 cm³/mol. The summed E-state index contributed by atoms with van der Waals surface area (Å²) in [7, 11) is 0. The first-order chi connectivity index (χ1) is 19.0. The molecular formula is C31H37N5O4. The van der Waals surface area contributed by atoms with Gasteiger partial charge in [-0.2, -0.15) is 0 Å². The van der Waals surface area contributed by atoms with E-state index < -0.39 is 11.8 Å². The van der Waals surface area contributed by atoms with Crippen LogP contribution in [-0.2, 0) is 27.1 Å². The molecule has 4 atom stereocenters. The Hall–Kier alpha value is -3.56. The zero-order valence-corrected chi connectivity index (χ0v) is 23.7. The van der Waals surface area contributed by atoms with Crippen molar-refractivity contribution in [2.45, 2.75) is 89.9 Å². The number of carboxylic acids is 1. The molecule has 1 aromatic carbocycles. The molecule has 0 radical (unpaired) electrons. The van der Waals surface area contributed by atoms with Crippen LogP contribution in [0.15, 0.2) is 49.1 Å². The van der Waals surface area contributed by atoms with Crippen LogP contribution in [0, 0.1) is 5.92 Å². The number of nitrogens with one attached hydrogen (secondary N) is 1. The molecule has 9 heteroatoms. The quantitative estimate of drug-likeness (QED) is 0.313. The summed E-state index contributed by atoms with van der Waals surface area (Å²) in [5.74, 6) is -0.454. The third-order valence-corrected chi connectivity index (χ3v) is 7.93. The summed E-state index contributed by atoms with van der Waals surface area (Å²) in [5, 5.41) is 15.0. The summed E-state index contributed by atoms with van der Waals surface area (Å²) in [5.41, 5.74) is 3.50. The molecule has 6 rings (SSSR count). The molecule has 0 amide bonds. The minimum atomic E-state index is -0.837. The Bertz CT molecular complexity index is 1570. The Balaban J connectivity index is 1.29. The summed E-state index contributed by atoms with van der Waals surface area (Å²) < 4.78 is 15.1. The molecule has 1 saturated carbocycles. The van der Waals surface area contributed by atoms with Gasteiger partial charge in [-0.1, -0.05) is 0 Å². The molecule has 9 nitrogen and oxygen atoms in total. The van der Waals surface area contributed by atoms with Gasteiger partial charge in [-0.05, 0) is 101 Å². The number of aryl methyl sites for hydroxylation is 1. The van der Waals surface area contributed by atoms with Gasteiger partial charge in [0.1, 0.15) is 23.9 Å². The summed E-state index contributed by atoms with van der Waals surface area (Å²) in [4.78, 5) is 25.3. The number of nitrogens with zero attached hydrogens (tertiary/aromatic N) is 4. The van der Waals surface area contributed by atoms with Gasteiger partial charge in [-0.15, -0.1) is 0 Å². The Morgan fingerprint density at radius 3 is 2.70 bits per heavy atom. The van der Waals surface area contributed by atoms with Crippen LogP contribution >= 0.6 is 0 Å². The number of aliphatic carboxylic acids is 1. The first-order valence-corrected chi connectivity index (χ1v) is 14.0. The zero-order chi connectivity index (χ0) is 28.2. The number of hydrogen-bond acceptors (Lipinski definition) is 7. The van der Waals surface area contributed by atoms with Crippen LogP contribution in [0.2, 0.25) is 0 Å². The summed E-state index contributed by atoms with van der Waals surface area (Å²) in [6, 6.07) is 10.1. The lowest BCUT2D eigenvalue weighted by Gasteiger charge is -2.24. The highest BCUT2D eigenvalue weighted by Crippen LogP contribution is 2.49. The van der Waals surface area contributed by atoms with Crippen molar-refractivity contribution in [3.63, 3.8) is 0 Å². The molecule has 2 fully saturated rings. The van der Waals surface area contributed by atoms with Crippen LogP contribution < -0.4 is 5.32 Å². The summed E-state index contributed by atoms with van der Waals surface area (Å²) >= 11 is 0. The topological polar surface area (TPSA) is 111 Å². The second kappa shape index (κ2) is 9.82. The predicted octanol–water partition coefficient (Wildman–Crippen LogP) is 5.53. The standard InChI is InChI=1S/C31H37N5O4/c1-30(2,3)35-25-9-8-19-12-22(15-26(37)38)18(13-23(19)34-25)6-7-20-14-24(28-27(20)39-31(4,5)40-28)36-11-10-21-16-32-17-33-29(21)36/h8-13,16-17,20,24,27-28H,6-7,14-15H2,1-5H3,(H,34,35)(H,37,38)/t20-,24+,27+,28-/m0/s1. The van der Waals surface area contributed by atoms with Gasteiger partial charge in [-0.25, -0.2) is 15.0 Å². The smallest absolute Gasteiger partial charge is 0.307 e. The second-order valence-corrected chi connectivity index (χ2v) is 12.6. The number of carboxylic acid groups (broad SMARTS) is 1. The molecular weight excluding hydrogens is 506 g/mol. The van der Waals surface area contributed by atoms with Crippen LogP contribution in [0.4, 0.5) is 5.82 Å². The van der Waals surface area contributed by atoms with Crippen molar-refractivity contribution in [2.75, 3.05) is 5.32 Å². The molecule has 0 bridgehead atoms. The third-order valence-electron chi connectivity index (χ3n) is 7.93. The molecule has 1 saturated heterocycles. The highest BCUT2D eigenvalue weighted by molar-refractivity contribution is 5.84. The largest absolute Gasteiger partial charge is 0.481 e. The van der Waals surface area contributed by atoms with E-state index in [1.54, 1.807) is 6.33 Å². The SMILES string of the molecule is CC(C)(C)Nc1ccc2cc(CC(=O)O)c(CC[C@H]3C[C@@H](n4ccc5cncnc54)[C@@H]4OC(C)(C)O[C@H]34)cc2n1. The molecule has 0 spiro atoms. The number of hydrogen-bond donors (Lipinski definition) is 2. The van der Waals surface area contributed by atoms with Gasteiger partial charge in [0.05, 0.1) is 24.1 Å². The molecule has 3 aromatic heterocycles. The van der Waals surface area contributed by atoms with Crippen LogP contribution in [0.1, 0.15) is 64.6 Å². The van der Waals surface area contributed by atoms with Gasteiger partial charge in [0.25, 0.3) is 0 Å². The first-order valence-electron chi connectivity index (χ1n) is 14.0. The van der Waals surface area contributed by atoms with Crippen LogP contribution in [0.3, 0.4) is 0 Å². The Morgan fingerprint density at radius 1 is 1.12 bits per heavy atom. The lowest BCUT2D eigenvalue weighted by Crippen LogP contribution is -2.27. The van der Waals surface area contributed by atoms with Gasteiger partial charge in [-0.3, -0.25) is 4.79 Å². The molecule has 0 unspecified atom stereocenters. The van der Waals surface area contributed by atoms with Crippen molar-refractivity contribution in [3.8, 4) is 0 Å². The summed E-state index contributed by atoms with van der Waals surface area (Å²) in [6.07, 6.45) is 7.79. The molecule has 1 aliphatic carbocycles. The van der Waals surface area contributed by atoms with Crippen molar-refractivity contribution in [1.29, 1.82) is 0 Å². The monoisotopic (exact) mass is 543 g/mol. The fourth-order valence-electron chi connectivity index (χ4n) is 6.39. The molecule has 1 aliphatic heterocycles. The van der Waals surface area contributed by atoms with E-state index >= 15 is 0 Å². The lowest BCUT2D eigenvalue weighted by molar-refractivity contribution is -0.160. The fraction of sp³-hybridized carbons (Fsp3) is 0.484. The second-order valence-electron chi connectivity index (χ2n) is 12.6. The van der Waals surface area contributed by atoms with E-state index in [2.05, 4.69) is 52.9 Å².